The third kappa shape index (κ3) is 4.48. The fourth-order valence-corrected chi connectivity index (χ4v) is 5.37. The predicted octanol–water partition coefficient (Wildman–Crippen LogP) is 5.08. The Morgan fingerprint density at radius 2 is 1.61 bits per heavy atom. The molecular formula is C29H25AsN6. The standard InChI is InChI=1S/C29H25AsN6/c30-25(16-20-6-2-1-3-7-20)18-32-29-34-27(22-12-14-31-15-13-22)26(28-35-33-19-36(28)29)24-11-10-21-8-4-5-9-23(21)17-24/h1-15,17,19,25H,16,18,30H2,(H,32,34)/t25-/m1/s1. The van der Waals surface area contributed by atoms with E-state index in [1.54, 1.807) is 35.6 Å². The van der Waals surface area contributed by atoms with Crippen LogP contribution in [0.2, 0.25) is 4.71 Å². The first-order chi connectivity index (χ1) is 17.8. The Bertz CT molecular complexity index is 1630. The van der Waals surface area contributed by atoms with Gasteiger partial charge in [-0.15, -0.1) is 0 Å². The summed E-state index contributed by atoms with van der Waals surface area (Å²) in [7, 11) is 0. The van der Waals surface area contributed by atoms with Crippen LogP contribution in [0.1, 0.15) is 5.56 Å². The van der Waals surface area contributed by atoms with E-state index in [0.29, 0.717) is 4.71 Å². The van der Waals surface area contributed by atoms with E-state index in [4.69, 9.17) is 4.98 Å². The van der Waals surface area contributed by atoms with Crippen LogP contribution in [0, 0.1) is 0 Å². The molecule has 0 aliphatic carbocycles. The van der Waals surface area contributed by atoms with Gasteiger partial charge in [0, 0.05) is 0 Å². The van der Waals surface area contributed by atoms with Crippen molar-refractivity contribution in [3.8, 4) is 22.4 Å². The van der Waals surface area contributed by atoms with Crippen LogP contribution in [-0.4, -0.2) is 48.0 Å². The number of nitrogens with zero attached hydrogens (tertiary/aromatic N) is 5. The molecule has 3 heterocycles. The minimum atomic E-state index is 0.484. The van der Waals surface area contributed by atoms with Gasteiger partial charge in [0.25, 0.3) is 0 Å². The summed E-state index contributed by atoms with van der Waals surface area (Å²) in [5, 5.41) is 14.8. The number of aromatic nitrogens is 5. The van der Waals surface area contributed by atoms with Crippen LogP contribution in [0.4, 0.5) is 5.95 Å². The Balaban J connectivity index is 1.43. The number of nitrogens with one attached hydrogen (secondary N) is 1. The summed E-state index contributed by atoms with van der Waals surface area (Å²) in [5.41, 5.74) is 5.98. The number of hydrogen-bond acceptors (Lipinski definition) is 5. The molecule has 0 fully saturated rings. The average molecular weight is 532 g/mol. The van der Waals surface area contributed by atoms with Gasteiger partial charge in [-0.1, -0.05) is 6.07 Å². The summed E-state index contributed by atoms with van der Waals surface area (Å²) in [6.45, 7) is 0.806. The molecule has 176 valence electrons. The van der Waals surface area contributed by atoms with E-state index in [1.807, 2.05) is 16.5 Å². The molecule has 0 radical (unpaired) electrons. The van der Waals surface area contributed by atoms with Gasteiger partial charge in [0.15, 0.2) is 0 Å². The van der Waals surface area contributed by atoms with Crippen LogP contribution >= 0.6 is 0 Å². The molecule has 1 N–H and O–H groups in total. The molecule has 0 saturated carbocycles. The molecule has 0 saturated heterocycles. The van der Waals surface area contributed by atoms with Crippen LogP contribution in [0.15, 0.2) is 104 Å². The molecule has 6 nitrogen and oxygen atoms in total. The summed E-state index contributed by atoms with van der Waals surface area (Å²) in [6, 6.07) is 29.4. The van der Waals surface area contributed by atoms with Crippen molar-refractivity contribution >= 4 is 39.2 Å². The molecule has 3 aromatic carbocycles. The number of anilines is 1. The average Bonchev–Trinajstić information content (AvgIpc) is 3.42. The molecule has 7 heteroatoms. The van der Waals surface area contributed by atoms with E-state index < -0.39 is 0 Å². The van der Waals surface area contributed by atoms with Crippen molar-refractivity contribution in [2.24, 2.45) is 0 Å². The van der Waals surface area contributed by atoms with E-state index in [9.17, 15) is 0 Å². The maximum absolute atomic E-state index is 5.13. The van der Waals surface area contributed by atoms with Gasteiger partial charge in [-0.05, 0) is 0 Å². The molecule has 1 unspecified atom stereocenters. The summed E-state index contributed by atoms with van der Waals surface area (Å²) >= 11 is 1.72. The Kier molecular flexibility index (Phi) is 6.18. The van der Waals surface area contributed by atoms with Gasteiger partial charge in [-0.2, -0.15) is 0 Å². The number of benzene rings is 3. The van der Waals surface area contributed by atoms with E-state index in [2.05, 4.69) is 93.3 Å². The van der Waals surface area contributed by atoms with Crippen molar-refractivity contribution in [3.63, 3.8) is 0 Å². The minimum absolute atomic E-state index is 0.484. The first kappa shape index (κ1) is 22.4. The van der Waals surface area contributed by atoms with Crippen molar-refractivity contribution in [1.29, 1.82) is 0 Å². The van der Waals surface area contributed by atoms with Crippen molar-refractivity contribution in [2.45, 2.75) is 11.1 Å². The van der Waals surface area contributed by atoms with Gasteiger partial charge in [-0.25, -0.2) is 0 Å². The van der Waals surface area contributed by atoms with Crippen molar-refractivity contribution < 1.29 is 0 Å². The number of hydrogen-bond donors (Lipinski definition) is 1. The Morgan fingerprint density at radius 1 is 0.833 bits per heavy atom. The molecule has 6 aromatic rings. The molecule has 2 atom stereocenters. The molecule has 0 bridgehead atoms. The number of rotatable bonds is 7. The van der Waals surface area contributed by atoms with Crippen LogP contribution in [-0.2, 0) is 6.42 Å². The first-order valence-corrected chi connectivity index (χ1v) is 13.3. The molecule has 0 aliphatic rings. The molecule has 0 amide bonds. The topological polar surface area (TPSA) is 68.0 Å². The second-order valence-corrected chi connectivity index (χ2v) is 10.8. The first-order valence-electron chi connectivity index (χ1n) is 11.9. The van der Waals surface area contributed by atoms with Crippen molar-refractivity contribution in [2.75, 3.05) is 11.9 Å². The molecule has 36 heavy (non-hydrogen) atoms. The summed E-state index contributed by atoms with van der Waals surface area (Å²) in [4.78, 5) is 9.34. The van der Waals surface area contributed by atoms with E-state index >= 15 is 0 Å². The summed E-state index contributed by atoms with van der Waals surface area (Å²) in [6.07, 6.45) is 6.35. The second-order valence-electron chi connectivity index (χ2n) is 8.81. The van der Waals surface area contributed by atoms with Crippen LogP contribution in [0.5, 0.6) is 0 Å². The Labute approximate surface area is 218 Å². The molecule has 0 spiro atoms. The van der Waals surface area contributed by atoms with Crippen LogP contribution in [0.25, 0.3) is 38.8 Å². The van der Waals surface area contributed by atoms with Crippen molar-refractivity contribution in [1.82, 2.24) is 24.6 Å². The van der Waals surface area contributed by atoms with Crippen molar-refractivity contribution in [3.05, 3.63) is 109 Å². The SMILES string of the molecule is [AsH2][C@@H](CNc1nc(-c2ccncc2)c(-c2ccc3ccccc3c2)c2nncn12)Cc1ccccc1. The molecule has 6 rings (SSSR count). The zero-order valence-electron chi connectivity index (χ0n) is 19.6. The molecule has 0 aliphatic heterocycles. The zero-order valence-corrected chi connectivity index (χ0v) is 22.0. The van der Waals surface area contributed by atoms with E-state index in [-0.39, 0.29) is 0 Å². The zero-order chi connectivity index (χ0) is 24.3. The van der Waals surface area contributed by atoms with Gasteiger partial charge < -0.3 is 0 Å². The normalized spacial score (nSPS) is 12.1. The number of pyridine rings is 1. The number of fused-ring (bicyclic) bond motifs is 2. The quantitative estimate of drug-likeness (QED) is 0.291. The third-order valence-corrected chi connectivity index (χ3v) is 7.30. The van der Waals surface area contributed by atoms with Gasteiger partial charge in [0.2, 0.25) is 0 Å². The van der Waals surface area contributed by atoms with Gasteiger partial charge in [-0.3, -0.25) is 0 Å². The molecule has 3 aromatic heterocycles. The predicted molar refractivity (Wildman–Crippen MR) is 148 cm³/mol. The van der Waals surface area contributed by atoms with Gasteiger partial charge >= 0.3 is 212 Å². The summed E-state index contributed by atoms with van der Waals surface area (Å²) in [5.74, 6) is 0.738. The Morgan fingerprint density at radius 3 is 2.44 bits per heavy atom. The van der Waals surface area contributed by atoms with Gasteiger partial charge in [0.05, 0.1) is 0 Å². The van der Waals surface area contributed by atoms with E-state index in [1.165, 1.54) is 16.3 Å². The van der Waals surface area contributed by atoms with Crippen LogP contribution in [0.3, 0.4) is 0 Å². The Hall–Kier alpha value is -4.02. The monoisotopic (exact) mass is 532 g/mol. The fraction of sp³-hybridized carbons (Fsp3) is 0.103. The molecular weight excluding hydrogens is 507 g/mol. The second kappa shape index (κ2) is 9.92. The van der Waals surface area contributed by atoms with Crippen LogP contribution < -0.4 is 5.32 Å². The maximum atomic E-state index is 5.13. The fourth-order valence-electron chi connectivity index (χ4n) is 4.55. The van der Waals surface area contributed by atoms with E-state index in [0.717, 1.165) is 46.9 Å². The summed E-state index contributed by atoms with van der Waals surface area (Å²) < 4.78 is 2.44. The van der Waals surface area contributed by atoms with Gasteiger partial charge in [0.1, 0.15) is 0 Å². The third-order valence-electron chi connectivity index (χ3n) is 6.31.